The maximum Gasteiger partial charge on any atom is 0.178 e. The zero-order valence-corrected chi connectivity index (χ0v) is 9.15. The number of hydrogen-bond acceptors (Lipinski definition) is 6. The average Bonchev–Trinajstić information content (AvgIpc) is 2.40. The minimum Gasteiger partial charge on any atom is -0.290 e. The Kier molecular flexibility index (Phi) is 7.51. The van der Waals surface area contributed by atoms with Crippen LogP contribution in [-0.4, -0.2) is 33.6 Å². The van der Waals surface area contributed by atoms with Crippen LogP contribution in [0.1, 0.15) is 0 Å². The molecular weight excluding hydrogens is 240 g/mol. The van der Waals surface area contributed by atoms with E-state index < -0.39 is 0 Å². The predicted octanol–water partition coefficient (Wildman–Crippen LogP) is 0.519. The van der Waals surface area contributed by atoms with Crippen molar-refractivity contribution in [1.29, 1.82) is 0 Å². The van der Waals surface area contributed by atoms with Crippen LogP contribution >= 0.6 is 0 Å². The number of ketones is 4. The highest BCUT2D eigenvalue weighted by Gasteiger charge is 1.98. The van der Waals surface area contributed by atoms with Gasteiger partial charge in [0.15, 0.2) is 23.1 Å². The van der Waals surface area contributed by atoms with Gasteiger partial charge >= 0.3 is 0 Å². The molecule has 0 radical (unpaired) electrons. The molecule has 2 N–H and O–H groups in total. The largest absolute Gasteiger partial charge is 0.290 e. The minimum absolute atomic E-state index is 0.121. The highest BCUT2D eigenvalue weighted by atomic mass is 17.0. The van der Waals surface area contributed by atoms with E-state index in [2.05, 4.69) is 0 Å². The first-order valence-electron chi connectivity index (χ1n) is 4.66. The lowest BCUT2D eigenvalue weighted by atomic mass is 10.2. The van der Waals surface area contributed by atoms with E-state index in [9.17, 15) is 19.2 Å². The Morgan fingerprint density at radius 1 is 0.444 bits per heavy atom. The first-order chi connectivity index (χ1) is 8.58. The molecular formula is C12H10O6. The molecule has 0 saturated heterocycles. The fraction of sp³-hybridized carbons (Fsp3) is 0. The Hall–Kier alpha value is -2.44. The Balaban J connectivity index is 0.000000283. The summed E-state index contributed by atoms with van der Waals surface area (Å²) in [5.74, 6) is -0.483. The van der Waals surface area contributed by atoms with Crippen molar-refractivity contribution in [1.82, 2.24) is 0 Å². The molecule has 6 heteroatoms. The minimum atomic E-state index is -0.121. The van der Waals surface area contributed by atoms with E-state index in [0.29, 0.717) is 0 Å². The van der Waals surface area contributed by atoms with Gasteiger partial charge in [-0.2, -0.15) is 0 Å². The van der Waals surface area contributed by atoms with Crippen LogP contribution < -0.4 is 0 Å². The highest BCUT2D eigenvalue weighted by molar-refractivity contribution is 6.14. The molecule has 0 aromatic heterocycles. The first kappa shape index (κ1) is 15.6. The van der Waals surface area contributed by atoms with Crippen LogP contribution in [0.5, 0.6) is 0 Å². The van der Waals surface area contributed by atoms with Gasteiger partial charge in [0.1, 0.15) is 0 Å². The number of allylic oxidation sites excluding steroid dienone is 8. The second kappa shape index (κ2) is 8.68. The summed E-state index contributed by atoms with van der Waals surface area (Å²) in [5, 5.41) is 12.0. The molecule has 0 saturated carbocycles. The van der Waals surface area contributed by atoms with E-state index in [4.69, 9.17) is 10.5 Å². The lowest BCUT2D eigenvalue weighted by molar-refractivity contribution is -0.176. The van der Waals surface area contributed by atoms with Crippen molar-refractivity contribution >= 4 is 23.1 Å². The molecule has 0 amide bonds. The van der Waals surface area contributed by atoms with Gasteiger partial charge in [0.2, 0.25) is 0 Å². The molecule has 2 rings (SSSR count). The van der Waals surface area contributed by atoms with Crippen LogP contribution in [0, 0.1) is 0 Å². The molecule has 0 aromatic carbocycles. The van der Waals surface area contributed by atoms with Gasteiger partial charge in [-0.05, 0) is 48.6 Å². The van der Waals surface area contributed by atoms with Gasteiger partial charge in [-0.3, -0.25) is 29.7 Å². The summed E-state index contributed by atoms with van der Waals surface area (Å²) < 4.78 is 0. The quantitative estimate of drug-likeness (QED) is 0.368. The van der Waals surface area contributed by atoms with Crippen LogP contribution in [0.25, 0.3) is 0 Å². The maximum absolute atomic E-state index is 10.3. The Bertz CT molecular complexity index is 345. The second-order valence-electron chi connectivity index (χ2n) is 2.94. The molecule has 94 valence electrons. The van der Waals surface area contributed by atoms with Crippen molar-refractivity contribution in [3.63, 3.8) is 0 Å². The molecule has 0 atom stereocenters. The van der Waals surface area contributed by atoms with Crippen LogP contribution in [-0.2, 0) is 19.2 Å². The smallest absolute Gasteiger partial charge is 0.178 e. The molecule has 0 fully saturated rings. The zero-order valence-electron chi connectivity index (χ0n) is 9.15. The third-order valence-electron chi connectivity index (χ3n) is 1.65. The lowest BCUT2D eigenvalue weighted by Gasteiger charge is -1.87. The van der Waals surface area contributed by atoms with E-state index in [-0.39, 0.29) is 23.1 Å². The molecule has 0 spiro atoms. The van der Waals surface area contributed by atoms with Gasteiger partial charge in [0.05, 0.1) is 0 Å². The highest BCUT2D eigenvalue weighted by Crippen LogP contribution is 1.91. The standard InChI is InChI=1S/2C6H4O2.H2O2/c2*7-5-1-2-6(8)4-3-5;1-2/h2*1-4H;1-2H. The van der Waals surface area contributed by atoms with E-state index >= 15 is 0 Å². The normalized spacial score (nSPS) is 15.9. The maximum atomic E-state index is 10.3. The summed E-state index contributed by atoms with van der Waals surface area (Å²) in [7, 11) is 0. The van der Waals surface area contributed by atoms with Crippen LogP contribution in [0.4, 0.5) is 0 Å². The van der Waals surface area contributed by atoms with Gasteiger partial charge in [-0.25, -0.2) is 0 Å². The van der Waals surface area contributed by atoms with Crippen LogP contribution in [0.15, 0.2) is 48.6 Å². The van der Waals surface area contributed by atoms with Crippen molar-refractivity contribution < 1.29 is 29.7 Å². The molecule has 0 bridgehead atoms. The number of carbonyl (C=O) groups is 4. The van der Waals surface area contributed by atoms with Gasteiger partial charge in [-0.1, -0.05) is 0 Å². The number of rotatable bonds is 0. The zero-order chi connectivity index (χ0) is 14.0. The molecule has 0 unspecified atom stereocenters. The topological polar surface area (TPSA) is 109 Å². The van der Waals surface area contributed by atoms with Crippen molar-refractivity contribution in [2.75, 3.05) is 0 Å². The van der Waals surface area contributed by atoms with Crippen molar-refractivity contribution in [2.45, 2.75) is 0 Å². The van der Waals surface area contributed by atoms with E-state index in [0.717, 1.165) is 0 Å². The van der Waals surface area contributed by atoms with E-state index in [1.54, 1.807) is 0 Å². The molecule has 6 nitrogen and oxygen atoms in total. The fourth-order valence-corrected chi connectivity index (χ4v) is 0.879. The van der Waals surface area contributed by atoms with Gasteiger partial charge in [0, 0.05) is 0 Å². The molecule has 0 heterocycles. The Morgan fingerprint density at radius 3 is 0.667 bits per heavy atom. The van der Waals surface area contributed by atoms with Gasteiger partial charge in [0.25, 0.3) is 0 Å². The molecule has 18 heavy (non-hydrogen) atoms. The molecule has 0 aromatic rings. The third-order valence-corrected chi connectivity index (χ3v) is 1.65. The van der Waals surface area contributed by atoms with Crippen LogP contribution in [0.3, 0.4) is 0 Å². The van der Waals surface area contributed by atoms with E-state index in [1.807, 2.05) is 0 Å². The Labute approximate surface area is 102 Å². The molecule has 0 aliphatic heterocycles. The van der Waals surface area contributed by atoms with Crippen molar-refractivity contribution in [3.05, 3.63) is 48.6 Å². The molecule has 2 aliphatic rings. The van der Waals surface area contributed by atoms with Gasteiger partial charge < -0.3 is 0 Å². The van der Waals surface area contributed by atoms with Crippen molar-refractivity contribution in [2.24, 2.45) is 0 Å². The summed E-state index contributed by atoms with van der Waals surface area (Å²) >= 11 is 0. The summed E-state index contributed by atoms with van der Waals surface area (Å²) in [6, 6.07) is 0. The fourth-order valence-electron chi connectivity index (χ4n) is 0.879. The van der Waals surface area contributed by atoms with E-state index in [1.165, 1.54) is 48.6 Å². The monoisotopic (exact) mass is 250 g/mol. The summed E-state index contributed by atoms with van der Waals surface area (Å²) in [4.78, 5) is 41.1. The summed E-state index contributed by atoms with van der Waals surface area (Å²) in [5.41, 5.74) is 0. The third kappa shape index (κ3) is 6.94. The number of hydrogen-bond donors (Lipinski definition) is 2. The van der Waals surface area contributed by atoms with Crippen molar-refractivity contribution in [3.8, 4) is 0 Å². The van der Waals surface area contributed by atoms with Gasteiger partial charge in [-0.15, -0.1) is 0 Å². The summed E-state index contributed by atoms with van der Waals surface area (Å²) in [6.45, 7) is 0. The number of carbonyl (C=O) groups excluding carboxylic acids is 4. The SMILES string of the molecule is O=C1C=CC(=O)C=C1.O=C1C=CC(=O)C=C1.OO. The predicted molar refractivity (Wildman–Crippen MR) is 61.8 cm³/mol. The van der Waals surface area contributed by atoms with Crippen LogP contribution in [0.2, 0.25) is 0 Å². The summed E-state index contributed by atoms with van der Waals surface area (Å²) in [6.07, 6.45) is 10.0. The Morgan fingerprint density at radius 2 is 0.556 bits per heavy atom. The lowest BCUT2D eigenvalue weighted by Crippen LogP contribution is -1.97. The second-order valence-corrected chi connectivity index (χ2v) is 2.94. The molecule has 2 aliphatic carbocycles. The average molecular weight is 250 g/mol. The first-order valence-corrected chi connectivity index (χ1v) is 4.66.